The van der Waals surface area contributed by atoms with Gasteiger partial charge in [-0.3, -0.25) is 9.98 Å². The Morgan fingerprint density at radius 1 is 0.759 bits per heavy atom. The van der Waals surface area contributed by atoms with Crippen LogP contribution in [0.2, 0.25) is 8.87 Å². The van der Waals surface area contributed by atoms with Crippen molar-refractivity contribution in [2.45, 2.75) is 35.6 Å². The zero-order valence-corrected chi connectivity index (χ0v) is 21.4. The molecule has 0 aromatic heterocycles. The number of para-hydroxylation sites is 2. The molecule has 0 aliphatic rings. The average Bonchev–Trinajstić information content (AvgIpc) is 2.67. The Balaban J connectivity index is 0.000000396. The van der Waals surface area contributed by atoms with Gasteiger partial charge in [0.25, 0.3) is 0 Å². The molecule has 0 atom stereocenters. The van der Waals surface area contributed by atoms with Crippen LogP contribution in [0, 0.1) is 0 Å². The summed E-state index contributed by atoms with van der Waals surface area (Å²) in [5, 5.41) is 19.1. The second-order valence-electron chi connectivity index (χ2n) is 6.54. The van der Waals surface area contributed by atoms with Crippen molar-refractivity contribution in [3.05, 3.63) is 59.7 Å². The smallest absolute Gasteiger partial charge is 0.124 e. The monoisotopic (exact) mass is 544 g/mol. The van der Waals surface area contributed by atoms with Gasteiger partial charge in [-0.25, -0.2) is 0 Å². The number of hydrogen-bond acceptors (Lipinski definition) is 4. The number of rotatable bonds is 9. The van der Waals surface area contributed by atoms with E-state index in [1.807, 2.05) is 12.1 Å². The maximum absolute atomic E-state index is 9.54. The summed E-state index contributed by atoms with van der Waals surface area (Å²) in [6.07, 6.45) is 5.57. The largest absolute Gasteiger partial charge is 0.507 e. The number of phenols is 2. The second-order valence-corrected chi connectivity index (χ2v) is 25.3. The van der Waals surface area contributed by atoms with E-state index in [0.29, 0.717) is 24.2 Å². The molecule has 0 amide bonds. The Morgan fingerprint density at radius 3 is 1.48 bits per heavy atom. The molecule has 0 radical (unpaired) electrons. The molecule has 0 aliphatic heterocycles. The van der Waals surface area contributed by atoms with Gasteiger partial charge in [-0.05, 0) is 24.3 Å². The van der Waals surface area contributed by atoms with Crippen molar-refractivity contribution in [1.82, 2.24) is 0 Å². The van der Waals surface area contributed by atoms with Crippen LogP contribution in [0.25, 0.3) is 0 Å². The van der Waals surface area contributed by atoms with Gasteiger partial charge in [0.05, 0.1) is 13.1 Å². The van der Waals surface area contributed by atoms with E-state index in [1.54, 1.807) is 48.8 Å². The molecule has 0 bridgehead atoms. The van der Waals surface area contributed by atoms with Crippen molar-refractivity contribution in [2.24, 2.45) is 9.98 Å². The minimum atomic E-state index is -2.43. The summed E-state index contributed by atoms with van der Waals surface area (Å²) in [7, 11) is 12.2. The third-order valence-electron chi connectivity index (χ3n) is 3.92. The van der Waals surface area contributed by atoms with Gasteiger partial charge in [-0.15, -0.1) is 0 Å². The van der Waals surface area contributed by atoms with Gasteiger partial charge >= 0.3 is 69.5 Å². The molecule has 0 saturated carbocycles. The molecule has 2 N–H and O–H groups in total. The fraction of sp³-hybridized carbons (Fsp3) is 0.364. The number of aliphatic imine (C=N–C) groups is 2. The molecule has 0 fully saturated rings. The van der Waals surface area contributed by atoms with E-state index >= 15 is 0 Å². The molecule has 29 heavy (non-hydrogen) atoms. The molecule has 2 rings (SSSR count). The zero-order chi connectivity index (χ0) is 21.5. The van der Waals surface area contributed by atoms with E-state index in [4.69, 9.17) is 17.8 Å². The summed E-state index contributed by atoms with van der Waals surface area (Å²) in [4.78, 5) is 8.39. The number of benzene rings is 2. The number of hydrogen-bond donors (Lipinski definition) is 2. The SMILES string of the molecule is CC[CH2][Sn]([Cl])([Cl])[CH2]CC.Oc1ccccc1C=NCCN=Cc1ccccc1O. The second kappa shape index (κ2) is 14.7. The third kappa shape index (κ3) is 11.5. The van der Waals surface area contributed by atoms with Crippen LogP contribution in [0.5, 0.6) is 11.5 Å². The van der Waals surface area contributed by atoms with Crippen LogP contribution < -0.4 is 0 Å². The molecule has 158 valence electrons. The minimum Gasteiger partial charge on any atom is -0.507 e. The Labute approximate surface area is 185 Å². The van der Waals surface area contributed by atoms with Gasteiger partial charge in [0, 0.05) is 23.6 Å². The first kappa shape index (κ1) is 25.8. The number of aromatic hydroxyl groups is 2. The quantitative estimate of drug-likeness (QED) is 0.219. The Kier molecular flexibility index (Phi) is 13.1. The van der Waals surface area contributed by atoms with E-state index in [9.17, 15) is 10.2 Å². The molecular formula is C22H30Cl2N2O2Sn. The van der Waals surface area contributed by atoms with Crippen molar-refractivity contribution in [1.29, 1.82) is 0 Å². The molecule has 0 spiro atoms. The minimum absolute atomic E-state index is 0.217. The van der Waals surface area contributed by atoms with Gasteiger partial charge in [0.1, 0.15) is 11.5 Å². The normalized spacial score (nSPS) is 11.6. The fourth-order valence-electron chi connectivity index (χ4n) is 2.49. The number of nitrogens with zero attached hydrogens (tertiary/aromatic N) is 2. The van der Waals surface area contributed by atoms with Gasteiger partial charge < -0.3 is 10.2 Å². The van der Waals surface area contributed by atoms with Crippen LogP contribution >= 0.6 is 17.8 Å². The number of phenolic OH excluding ortho intramolecular Hbond substituents is 2. The van der Waals surface area contributed by atoms with E-state index in [1.165, 1.54) is 0 Å². The Morgan fingerprint density at radius 2 is 1.14 bits per heavy atom. The van der Waals surface area contributed by atoms with Crippen molar-refractivity contribution in [2.75, 3.05) is 13.1 Å². The van der Waals surface area contributed by atoms with E-state index in [0.717, 1.165) is 21.7 Å². The third-order valence-corrected chi connectivity index (χ3v) is 16.0. The summed E-state index contributed by atoms with van der Waals surface area (Å²) in [5.41, 5.74) is 1.38. The molecule has 7 heteroatoms. The van der Waals surface area contributed by atoms with Crippen LogP contribution in [0.4, 0.5) is 0 Å². The van der Waals surface area contributed by atoms with Gasteiger partial charge in [-0.2, -0.15) is 0 Å². The molecular weight excluding hydrogens is 514 g/mol. The topological polar surface area (TPSA) is 65.2 Å². The first-order valence-electron chi connectivity index (χ1n) is 9.83. The van der Waals surface area contributed by atoms with Gasteiger partial charge in [-0.1, -0.05) is 24.3 Å². The van der Waals surface area contributed by atoms with Crippen molar-refractivity contribution in [3.63, 3.8) is 0 Å². The fourth-order valence-corrected chi connectivity index (χ4v) is 12.5. The predicted octanol–water partition coefficient (Wildman–Crippen LogP) is 6.36. The number of halogens is 2. The summed E-state index contributed by atoms with van der Waals surface area (Å²) in [6, 6.07) is 14.1. The van der Waals surface area contributed by atoms with Crippen LogP contribution in [-0.4, -0.2) is 51.9 Å². The van der Waals surface area contributed by atoms with Crippen LogP contribution in [0.15, 0.2) is 58.5 Å². The summed E-state index contributed by atoms with van der Waals surface area (Å²) < 4.78 is 2.23. The predicted molar refractivity (Wildman–Crippen MR) is 129 cm³/mol. The average molecular weight is 544 g/mol. The van der Waals surface area contributed by atoms with Gasteiger partial charge in [0.15, 0.2) is 0 Å². The van der Waals surface area contributed by atoms with Crippen molar-refractivity contribution in [3.8, 4) is 11.5 Å². The maximum atomic E-state index is 9.54. The molecule has 0 saturated heterocycles. The summed E-state index contributed by atoms with van der Waals surface area (Å²) >= 11 is -2.43. The standard InChI is InChI=1S/C16H16N2O2.2C3H7.2ClH.Sn/c19-15-7-3-1-5-13(15)11-17-9-10-18-12-14-6-2-4-8-16(14)20;2*1-3-2;;;/h1-8,11-12,19-20H,9-10H2;2*1,3H2,2H3;2*1H;/q;;;;;+2/p-2. The molecule has 2 aromatic rings. The Bertz CT molecular complexity index is 719. The molecule has 2 aromatic carbocycles. The van der Waals surface area contributed by atoms with E-state index in [2.05, 4.69) is 23.8 Å². The van der Waals surface area contributed by atoms with Crippen LogP contribution in [-0.2, 0) is 0 Å². The van der Waals surface area contributed by atoms with E-state index in [-0.39, 0.29) is 11.5 Å². The maximum Gasteiger partial charge on any atom is 0.124 e. The molecule has 0 aliphatic carbocycles. The summed E-state index contributed by atoms with van der Waals surface area (Å²) in [6.45, 7) is 5.34. The molecule has 0 heterocycles. The molecule has 4 nitrogen and oxygen atoms in total. The van der Waals surface area contributed by atoms with Crippen molar-refractivity contribution >= 4 is 46.4 Å². The first-order chi connectivity index (χ1) is 13.9. The van der Waals surface area contributed by atoms with Crippen LogP contribution in [0.1, 0.15) is 37.8 Å². The Hall–Kier alpha value is -1.24. The van der Waals surface area contributed by atoms with Crippen LogP contribution in [0.3, 0.4) is 0 Å². The zero-order valence-electron chi connectivity index (χ0n) is 17.1. The summed E-state index contributed by atoms with van der Waals surface area (Å²) in [5.74, 6) is 0.433. The van der Waals surface area contributed by atoms with Crippen molar-refractivity contribution < 1.29 is 10.2 Å². The molecule has 0 unspecified atom stereocenters. The van der Waals surface area contributed by atoms with Gasteiger partial charge in [0.2, 0.25) is 0 Å². The first-order valence-corrected chi connectivity index (χ1v) is 21.1. The van der Waals surface area contributed by atoms with E-state index < -0.39 is 16.1 Å².